The van der Waals surface area contributed by atoms with Crippen LogP contribution in [0.2, 0.25) is 0 Å². The van der Waals surface area contributed by atoms with Crippen molar-refractivity contribution in [1.29, 1.82) is 0 Å². The fourth-order valence-electron chi connectivity index (χ4n) is 2.08. The maximum absolute atomic E-state index is 10.3. The summed E-state index contributed by atoms with van der Waals surface area (Å²) in [5.41, 5.74) is 4.30. The Morgan fingerprint density at radius 3 is 2.60 bits per heavy atom. The van der Waals surface area contributed by atoms with Gasteiger partial charge >= 0.3 is 0 Å². The van der Waals surface area contributed by atoms with E-state index in [1.165, 1.54) is 5.56 Å². The first-order valence-corrected chi connectivity index (χ1v) is 6.81. The molecular weight excluding hydrogens is 250 g/mol. The fourth-order valence-corrected chi connectivity index (χ4v) is 2.08. The van der Waals surface area contributed by atoms with Crippen LogP contribution in [0.3, 0.4) is 0 Å². The SMILES string of the molecule is Cc1ccc(-c2c(OCCCC=O)ccnc2C)cc1. The molecule has 1 aromatic heterocycles. The molecule has 3 nitrogen and oxygen atoms in total. The van der Waals surface area contributed by atoms with Gasteiger partial charge in [0.15, 0.2) is 0 Å². The number of carbonyl (C=O) groups is 1. The van der Waals surface area contributed by atoms with Crippen molar-refractivity contribution in [3.63, 3.8) is 0 Å². The number of ether oxygens (including phenoxy) is 1. The van der Waals surface area contributed by atoms with E-state index in [1.54, 1.807) is 6.20 Å². The monoisotopic (exact) mass is 269 g/mol. The Bertz CT molecular complexity index is 576. The first kappa shape index (κ1) is 14.3. The highest BCUT2D eigenvalue weighted by atomic mass is 16.5. The average molecular weight is 269 g/mol. The lowest BCUT2D eigenvalue weighted by molar-refractivity contribution is -0.108. The summed E-state index contributed by atoms with van der Waals surface area (Å²) in [5.74, 6) is 0.826. The van der Waals surface area contributed by atoms with E-state index in [1.807, 2.05) is 13.0 Å². The van der Waals surface area contributed by atoms with Crippen LogP contribution in [0.1, 0.15) is 24.1 Å². The number of carbonyl (C=O) groups excluding carboxylic acids is 1. The van der Waals surface area contributed by atoms with Gasteiger partial charge in [-0.3, -0.25) is 4.98 Å². The molecule has 0 radical (unpaired) electrons. The Hall–Kier alpha value is -2.16. The van der Waals surface area contributed by atoms with Crippen LogP contribution in [0.15, 0.2) is 36.5 Å². The number of nitrogens with zero attached hydrogens (tertiary/aromatic N) is 1. The second kappa shape index (κ2) is 6.85. The van der Waals surface area contributed by atoms with Crippen molar-refractivity contribution in [2.75, 3.05) is 6.61 Å². The number of pyridine rings is 1. The van der Waals surface area contributed by atoms with Gasteiger partial charge in [-0.1, -0.05) is 29.8 Å². The molecule has 0 spiro atoms. The van der Waals surface area contributed by atoms with Gasteiger partial charge in [-0.15, -0.1) is 0 Å². The molecule has 0 aliphatic rings. The number of aldehydes is 1. The van der Waals surface area contributed by atoms with E-state index < -0.39 is 0 Å². The van der Waals surface area contributed by atoms with Gasteiger partial charge in [0, 0.05) is 23.9 Å². The van der Waals surface area contributed by atoms with E-state index in [0.717, 1.165) is 35.3 Å². The Morgan fingerprint density at radius 2 is 1.90 bits per heavy atom. The summed E-state index contributed by atoms with van der Waals surface area (Å²) in [6.07, 6.45) is 3.94. The van der Waals surface area contributed by atoms with Crippen LogP contribution in [-0.2, 0) is 4.79 Å². The highest BCUT2D eigenvalue weighted by Crippen LogP contribution is 2.32. The highest BCUT2D eigenvalue weighted by molar-refractivity contribution is 5.72. The molecule has 104 valence electrons. The standard InChI is InChI=1S/C17H19NO2/c1-13-5-7-15(8-6-13)17-14(2)18-10-9-16(17)20-12-4-3-11-19/h5-11H,3-4,12H2,1-2H3. The molecule has 2 aromatic rings. The zero-order valence-corrected chi connectivity index (χ0v) is 11.9. The van der Waals surface area contributed by atoms with E-state index in [0.29, 0.717) is 13.0 Å². The molecule has 0 aliphatic carbocycles. The summed E-state index contributed by atoms with van der Waals surface area (Å²) in [6.45, 7) is 4.59. The second-order valence-electron chi connectivity index (χ2n) is 4.79. The van der Waals surface area contributed by atoms with Crippen molar-refractivity contribution >= 4 is 6.29 Å². The van der Waals surface area contributed by atoms with E-state index >= 15 is 0 Å². The van der Waals surface area contributed by atoms with E-state index in [4.69, 9.17) is 4.74 Å². The van der Waals surface area contributed by atoms with E-state index in [9.17, 15) is 4.79 Å². The normalized spacial score (nSPS) is 10.3. The summed E-state index contributed by atoms with van der Waals surface area (Å²) >= 11 is 0. The van der Waals surface area contributed by atoms with Crippen molar-refractivity contribution in [3.05, 3.63) is 47.8 Å². The molecule has 0 aliphatic heterocycles. The largest absolute Gasteiger partial charge is 0.493 e. The average Bonchev–Trinajstić information content (AvgIpc) is 2.45. The first-order chi connectivity index (χ1) is 9.72. The topological polar surface area (TPSA) is 39.2 Å². The zero-order valence-electron chi connectivity index (χ0n) is 11.9. The zero-order chi connectivity index (χ0) is 14.4. The number of unbranched alkanes of at least 4 members (excludes halogenated alkanes) is 1. The van der Waals surface area contributed by atoms with Gasteiger partial charge in [0.25, 0.3) is 0 Å². The molecule has 1 aromatic carbocycles. The summed E-state index contributed by atoms with van der Waals surface area (Å²) < 4.78 is 5.81. The fraction of sp³-hybridized carbons (Fsp3) is 0.294. The quantitative estimate of drug-likeness (QED) is 0.592. The molecule has 0 fully saturated rings. The summed E-state index contributed by atoms with van der Waals surface area (Å²) in [7, 11) is 0. The minimum atomic E-state index is 0.532. The van der Waals surface area contributed by atoms with Gasteiger partial charge in [-0.05, 0) is 31.9 Å². The lowest BCUT2D eigenvalue weighted by atomic mass is 10.0. The van der Waals surface area contributed by atoms with Crippen molar-refractivity contribution in [1.82, 2.24) is 4.98 Å². The Morgan fingerprint density at radius 1 is 1.15 bits per heavy atom. The van der Waals surface area contributed by atoms with Crippen LogP contribution in [0.4, 0.5) is 0 Å². The molecule has 0 saturated heterocycles. The smallest absolute Gasteiger partial charge is 0.130 e. The number of rotatable bonds is 6. The predicted octanol–water partition coefficient (Wildman–Crippen LogP) is 3.72. The third kappa shape index (κ3) is 3.44. The van der Waals surface area contributed by atoms with Gasteiger partial charge in [0.2, 0.25) is 0 Å². The number of hydrogen-bond donors (Lipinski definition) is 0. The molecule has 0 atom stereocenters. The molecule has 0 N–H and O–H groups in total. The molecule has 0 amide bonds. The summed E-state index contributed by atoms with van der Waals surface area (Å²) in [5, 5.41) is 0. The van der Waals surface area contributed by atoms with Crippen LogP contribution in [0.25, 0.3) is 11.1 Å². The van der Waals surface area contributed by atoms with Crippen molar-refractivity contribution in [2.24, 2.45) is 0 Å². The Kier molecular flexibility index (Phi) is 4.88. The van der Waals surface area contributed by atoms with Crippen LogP contribution >= 0.6 is 0 Å². The van der Waals surface area contributed by atoms with Gasteiger partial charge in [0.05, 0.1) is 6.61 Å². The number of hydrogen-bond acceptors (Lipinski definition) is 3. The predicted molar refractivity (Wildman–Crippen MR) is 79.9 cm³/mol. The van der Waals surface area contributed by atoms with Crippen LogP contribution in [0, 0.1) is 13.8 Å². The maximum Gasteiger partial charge on any atom is 0.130 e. The Balaban J connectivity index is 2.26. The molecule has 3 heteroatoms. The maximum atomic E-state index is 10.3. The van der Waals surface area contributed by atoms with Crippen molar-refractivity contribution in [3.8, 4) is 16.9 Å². The van der Waals surface area contributed by atoms with Gasteiger partial charge in [-0.2, -0.15) is 0 Å². The van der Waals surface area contributed by atoms with Crippen LogP contribution < -0.4 is 4.74 Å². The molecule has 0 unspecified atom stereocenters. The number of benzene rings is 1. The Labute approximate surface area is 119 Å². The molecule has 2 rings (SSSR count). The third-order valence-electron chi connectivity index (χ3n) is 3.17. The van der Waals surface area contributed by atoms with Crippen LogP contribution in [-0.4, -0.2) is 17.9 Å². The second-order valence-corrected chi connectivity index (χ2v) is 4.79. The minimum Gasteiger partial charge on any atom is -0.493 e. The lowest BCUT2D eigenvalue weighted by Gasteiger charge is -2.13. The lowest BCUT2D eigenvalue weighted by Crippen LogP contribution is -2.01. The number of aryl methyl sites for hydroxylation is 2. The van der Waals surface area contributed by atoms with Gasteiger partial charge < -0.3 is 9.53 Å². The van der Waals surface area contributed by atoms with E-state index in [2.05, 4.69) is 36.2 Å². The van der Waals surface area contributed by atoms with Crippen molar-refractivity contribution in [2.45, 2.75) is 26.7 Å². The highest BCUT2D eigenvalue weighted by Gasteiger charge is 2.10. The summed E-state index contributed by atoms with van der Waals surface area (Å²) in [4.78, 5) is 14.7. The molecule has 0 saturated carbocycles. The minimum absolute atomic E-state index is 0.532. The van der Waals surface area contributed by atoms with Crippen LogP contribution in [0.5, 0.6) is 5.75 Å². The molecule has 20 heavy (non-hydrogen) atoms. The third-order valence-corrected chi connectivity index (χ3v) is 3.17. The van der Waals surface area contributed by atoms with Gasteiger partial charge in [0.1, 0.15) is 12.0 Å². The van der Waals surface area contributed by atoms with E-state index in [-0.39, 0.29) is 0 Å². The summed E-state index contributed by atoms with van der Waals surface area (Å²) in [6, 6.07) is 10.2. The van der Waals surface area contributed by atoms with Crippen molar-refractivity contribution < 1.29 is 9.53 Å². The van der Waals surface area contributed by atoms with Gasteiger partial charge in [-0.25, -0.2) is 0 Å². The molecular formula is C17H19NO2. The number of aromatic nitrogens is 1. The molecule has 1 heterocycles. The first-order valence-electron chi connectivity index (χ1n) is 6.81. The molecule has 0 bridgehead atoms.